The van der Waals surface area contributed by atoms with Gasteiger partial charge in [0.25, 0.3) is 10.0 Å². The third-order valence-corrected chi connectivity index (χ3v) is 5.57. The first-order valence-corrected chi connectivity index (χ1v) is 8.05. The maximum absolute atomic E-state index is 12.3. The maximum atomic E-state index is 12.3. The van der Waals surface area contributed by atoms with Crippen LogP contribution in [0.4, 0.5) is 16.5 Å². The van der Waals surface area contributed by atoms with Crippen molar-refractivity contribution in [1.82, 2.24) is 4.98 Å². The van der Waals surface area contributed by atoms with Crippen molar-refractivity contribution in [2.45, 2.75) is 11.1 Å². The molecule has 0 aliphatic carbocycles. The van der Waals surface area contributed by atoms with Crippen molar-refractivity contribution in [3.8, 4) is 0 Å². The molecule has 8 nitrogen and oxygen atoms in total. The molecule has 2 aromatic rings. The number of aryl methyl sites for hydroxylation is 1. The minimum atomic E-state index is -3.92. The van der Waals surface area contributed by atoms with Crippen LogP contribution in [0.3, 0.4) is 0 Å². The molecular formula is C11H12N4O4S2. The van der Waals surface area contributed by atoms with Crippen molar-refractivity contribution in [2.24, 2.45) is 0 Å². The van der Waals surface area contributed by atoms with E-state index in [-0.39, 0.29) is 20.7 Å². The molecule has 112 valence electrons. The van der Waals surface area contributed by atoms with E-state index in [1.165, 1.54) is 13.2 Å². The van der Waals surface area contributed by atoms with Gasteiger partial charge in [-0.1, -0.05) is 17.4 Å². The highest BCUT2D eigenvalue weighted by Crippen LogP contribution is 2.37. The summed E-state index contributed by atoms with van der Waals surface area (Å²) >= 11 is 0.789. The van der Waals surface area contributed by atoms with Crippen molar-refractivity contribution < 1.29 is 13.3 Å². The van der Waals surface area contributed by atoms with E-state index < -0.39 is 14.9 Å². The van der Waals surface area contributed by atoms with Crippen LogP contribution in [0.1, 0.15) is 5.56 Å². The average Bonchev–Trinajstić information content (AvgIpc) is 2.86. The molecule has 10 heteroatoms. The van der Waals surface area contributed by atoms with Crippen LogP contribution >= 0.6 is 11.3 Å². The van der Waals surface area contributed by atoms with Crippen molar-refractivity contribution in [3.05, 3.63) is 40.1 Å². The number of aromatic nitrogens is 1. The summed E-state index contributed by atoms with van der Waals surface area (Å²) in [6.45, 7) is 1.71. The van der Waals surface area contributed by atoms with Crippen LogP contribution in [-0.2, 0) is 10.0 Å². The molecule has 0 bridgehead atoms. The Labute approximate surface area is 125 Å². The molecule has 0 saturated carbocycles. The van der Waals surface area contributed by atoms with Gasteiger partial charge in [-0.2, -0.15) is 0 Å². The lowest BCUT2D eigenvalue weighted by atomic mass is 10.3. The average molecular weight is 328 g/mol. The number of sulfonamides is 1. The van der Waals surface area contributed by atoms with Gasteiger partial charge in [0.1, 0.15) is 10.0 Å². The molecule has 0 saturated heterocycles. The molecule has 0 radical (unpaired) electrons. The first kappa shape index (κ1) is 15.2. The fraction of sp³-hybridized carbons (Fsp3) is 0.182. The normalized spacial score (nSPS) is 11.1. The van der Waals surface area contributed by atoms with Crippen LogP contribution < -0.4 is 10.0 Å². The SMILES string of the molecule is CNc1sc(S(=O)(=O)Nc2ncccc2C)cc1[N+](=O)[O-]. The molecule has 2 aromatic heterocycles. The van der Waals surface area contributed by atoms with Gasteiger partial charge in [0.15, 0.2) is 5.00 Å². The van der Waals surface area contributed by atoms with Crippen LogP contribution in [0.15, 0.2) is 28.6 Å². The fourth-order valence-corrected chi connectivity index (χ4v) is 3.94. The van der Waals surface area contributed by atoms with E-state index in [0.29, 0.717) is 5.56 Å². The van der Waals surface area contributed by atoms with Gasteiger partial charge in [0, 0.05) is 19.3 Å². The van der Waals surface area contributed by atoms with Crippen molar-refractivity contribution >= 4 is 37.9 Å². The van der Waals surface area contributed by atoms with Gasteiger partial charge in [-0.25, -0.2) is 13.4 Å². The van der Waals surface area contributed by atoms with Crippen LogP contribution in [0.2, 0.25) is 0 Å². The topological polar surface area (TPSA) is 114 Å². The zero-order valence-corrected chi connectivity index (χ0v) is 12.8. The Hall–Kier alpha value is -2.20. The van der Waals surface area contributed by atoms with Gasteiger partial charge < -0.3 is 5.32 Å². The van der Waals surface area contributed by atoms with Gasteiger partial charge in [0.2, 0.25) is 0 Å². The number of anilines is 2. The standard InChI is InChI=1S/C11H12N4O4S2/c1-7-4-3-5-13-10(7)14-21(18,19)9-6-8(15(16)17)11(12-2)20-9/h3-6,12H,1-2H3,(H,13,14). The highest BCUT2D eigenvalue weighted by atomic mass is 32.2. The fourth-order valence-electron chi connectivity index (χ4n) is 1.58. The molecule has 0 fully saturated rings. The molecule has 0 aliphatic heterocycles. The number of hydrogen-bond acceptors (Lipinski definition) is 7. The molecule has 0 amide bonds. The van der Waals surface area contributed by atoms with Gasteiger partial charge in [0.05, 0.1) is 4.92 Å². The molecule has 0 aromatic carbocycles. The Morgan fingerprint density at radius 1 is 1.43 bits per heavy atom. The second kappa shape index (κ2) is 5.66. The minimum absolute atomic E-state index is 0.149. The monoisotopic (exact) mass is 328 g/mol. The molecule has 2 N–H and O–H groups in total. The summed E-state index contributed by atoms with van der Waals surface area (Å²) in [6, 6.07) is 4.42. The summed E-state index contributed by atoms with van der Waals surface area (Å²) in [7, 11) is -2.43. The summed E-state index contributed by atoms with van der Waals surface area (Å²) < 4.78 is 26.7. The van der Waals surface area contributed by atoms with Crippen molar-refractivity contribution in [1.29, 1.82) is 0 Å². The molecule has 2 rings (SSSR count). The molecule has 0 unspecified atom stereocenters. The summed E-state index contributed by atoms with van der Waals surface area (Å²) in [4.78, 5) is 14.2. The quantitative estimate of drug-likeness (QED) is 0.642. The van der Waals surface area contributed by atoms with Crippen molar-refractivity contribution in [3.63, 3.8) is 0 Å². The highest BCUT2D eigenvalue weighted by Gasteiger charge is 2.26. The van der Waals surface area contributed by atoms with Crippen LogP contribution in [0, 0.1) is 17.0 Å². The third-order valence-electron chi connectivity index (χ3n) is 2.62. The van der Waals surface area contributed by atoms with E-state index in [1.54, 1.807) is 19.1 Å². The van der Waals surface area contributed by atoms with Gasteiger partial charge in [-0.15, -0.1) is 0 Å². The van der Waals surface area contributed by atoms with Crippen molar-refractivity contribution in [2.75, 3.05) is 17.1 Å². The largest absolute Gasteiger partial charge is 0.374 e. The second-order valence-corrected chi connectivity index (χ2v) is 7.02. The summed E-state index contributed by atoms with van der Waals surface area (Å²) in [5, 5.41) is 13.7. The minimum Gasteiger partial charge on any atom is -0.374 e. The number of nitrogens with zero attached hydrogens (tertiary/aromatic N) is 2. The predicted octanol–water partition coefficient (Wildman–Crippen LogP) is 2.20. The summed E-state index contributed by atoms with van der Waals surface area (Å²) in [6.07, 6.45) is 1.46. The lowest BCUT2D eigenvalue weighted by Gasteiger charge is -2.07. The van der Waals surface area contributed by atoms with Crippen LogP contribution in [0.25, 0.3) is 0 Å². The Morgan fingerprint density at radius 3 is 2.67 bits per heavy atom. The van der Waals surface area contributed by atoms with Gasteiger partial charge in [-0.3, -0.25) is 14.8 Å². The number of hydrogen-bond donors (Lipinski definition) is 2. The van der Waals surface area contributed by atoms with Crippen LogP contribution in [-0.4, -0.2) is 25.4 Å². The number of nitro groups is 1. The van der Waals surface area contributed by atoms with E-state index in [1.807, 2.05) is 0 Å². The maximum Gasteiger partial charge on any atom is 0.304 e. The zero-order valence-electron chi connectivity index (χ0n) is 11.2. The molecular weight excluding hydrogens is 316 g/mol. The Morgan fingerprint density at radius 2 is 2.14 bits per heavy atom. The first-order chi connectivity index (χ1) is 9.85. The highest BCUT2D eigenvalue weighted by molar-refractivity contribution is 7.94. The number of thiophene rings is 1. The molecule has 2 heterocycles. The number of rotatable bonds is 5. The molecule has 0 aliphatic rings. The van der Waals surface area contributed by atoms with E-state index in [2.05, 4.69) is 15.0 Å². The van der Waals surface area contributed by atoms with E-state index in [0.717, 1.165) is 17.4 Å². The molecule has 21 heavy (non-hydrogen) atoms. The van der Waals surface area contributed by atoms with Gasteiger partial charge in [-0.05, 0) is 18.6 Å². The van der Waals surface area contributed by atoms with E-state index in [4.69, 9.17) is 0 Å². The molecule has 0 atom stereocenters. The number of nitrogens with one attached hydrogen (secondary N) is 2. The lowest BCUT2D eigenvalue weighted by molar-refractivity contribution is -0.383. The first-order valence-electron chi connectivity index (χ1n) is 5.75. The third kappa shape index (κ3) is 3.11. The molecule has 0 spiro atoms. The van der Waals surface area contributed by atoms with Gasteiger partial charge >= 0.3 is 5.69 Å². The lowest BCUT2D eigenvalue weighted by Crippen LogP contribution is -2.13. The Kier molecular flexibility index (Phi) is 4.09. The Bertz CT molecular complexity index is 785. The summed E-state index contributed by atoms with van der Waals surface area (Å²) in [5.41, 5.74) is 0.376. The second-order valence-electron chi connectivity index (χ2n) is 4.06. The zero-order chi connectivity index (χ0) is 15.6. The van der Waals surface area contributed by atoms with E-state index >= 15 is 0 Å². The van der Waals surface area contributed by atoms with E-state index in [9.17, 15) is 18.5 Å². The number of pyridine rings is 1. The summed E-state index contributed by atoms with van der Waals surface area (Å²) in [5.74, 6) is 0.194. The van der Waals surface area contributed by atoms with Crippen LogP contribution in [0.5, 0.6) is 0 Å². The Balaban J connectivity index is 2.41. The predicted molar refractivity (Wildman–Crippen MR) is 80.3 cm³/mol. The smallest absolute Gasteiger partial charge is 0.304 e.